The van der Waals surface area contributed by atoms with Crippen molar-refractivity contribution in [3.05, 3.63) is 41.5 Å². The number of anilines is 1. The summed E-state index contributed by atoms with van der Waals surface area (Å²) in [5, 5.41) is 0. The van der Waals surface area contributed by atoms with E-state index in [1.807, 2.05) is 6.92 Å². The van der Waals surface area contributed by atoms with Gasteiger partial charge in [-0.15, -0.1) is 0 Å². The molecule has 0 aliphatic rings. The van der Waals surface area contributed by atoms with Crippen molar-refractivity contribution in [2.24, 2.45) is 0 Å². The molecule has 0 fully saturated rings. The highest BCUT2D eigenvalue weighted by Crippen LogP contribution is 2.23. The molecule has 1 heterocycles. The molecule has 0 aliphatic heterocycles. The number of halogens is 3. The summed E-state index contributed by atoms with van der Waals surface area (Å²) in [6.45, 7) is 1.82. The summed E-state index contributed by atoms with van der Waals surface area (Å²) in [6, 6.07) is 3.13. The standard InChI is InChI=1S/C12H10F3N3/c1-2-11-17-9(5-10(16)18-11)6-3-7(13)12(15)8(14)4-6/h3-5H,2H2,1H3,(H2,16,17,18). The Bertz CT molecular complexity index is 576. The van der Waals surface area contributed by atoms with Crippen LogP contribution < -0.4 is 5.73 Å². The number of nitrogen functional groups attached to an aromatic ring is 1. The van der Waals surface area contributed by atoms with E-state index in [2.05, 4.69) is 9.97 Å². The minimum Gasteiger partial charge on any atom is -0.384 e. The van der Waals surface area contributed by atoms with Crippen LogP contribution in [0.3, 0.4) is 0 Å². The maximum atomic E-state index is 13.1. The van der Waals surface area contributed by atoms with Crippen LogP contribution in [0.2, 0.25) is 0 Å². The summed E-state index contributed by atoms with van der Waals surface area (Å²) in [5.74, 6) is -3.38. The lowest BCUT2D eigenvalue weighted by Crippen LogP contribution is -2.01. The monoisotopic (exact) mass is 253 g/mol. The molecule has 6 heteroatoms. The SMILES string of the molecule is CCc1nc(N)cc(-c2cc(F)c(F)c(F)c2)n1. The molecule has 0 saturated carbocycles. The number of hydrogen-bond acceptors (Lipinski definition) is 3. The van der Waals surface area contributed by atoms with E-state index in [1.165, 1.54) is 6.07 Å². The fourth-order valence-corrected chi connectivity index (χ4v) is 1.53. The maximum absolute atomic E-state index is 13.1. The van der Waals surface area contributed by atoms with Gasteiger partial charge in [0.05, 0.1) is 5.69 Å². The van der Waals surface area contributed by atoms with Gasteiger partial charge in [-0.1, -0.05) is 6.92 Å². The first kappa shape index (κ1) is 12.3. The van der Waals surface area contributed by atoms with Gasteiger partial charge in [0.15, 0.2) is 17.5 Å². The van der Waals surface area contributed by atoms with Crippen molar-refractivity contribution in [1.29, 1.82) is 0 Å². The van der Waals surface area contributed by atoms with Crippen LogP contribution in [-0.2, 0) is 6.42 Å². The van der Waals surface area contributed by atoms with Gasteiger partial charge in [-0.2, -0.15) is 0 Å². The second kappa shape index (κ2) is 4.64. The lowest BCUT2D eigenvalue weighted by molar-refractivity contribution is 0.447. The molecule has 2 N–H and O–H groups in total. The van der Waals surface area contributed by atoms with Crippen LogP contribution in [0.4, 0.5) is 19.0 Å². The van der Waals surface area contributed by atoms with Crippen molar-refractivity contribution in [3.63, 3.8) is 0 Å². The zero-order valence-corrected chi connectivity index (χ0v) is 9.54. The second-order valence-electron chi connectivity index (χ2n) is 3.70. The number of nitrogens with zero attached hydrogens (tertiary/aromatic N) is 2. The van der Waals surface area contributed by atoms with Crippen LogP contribution in [-0.4, -0.2) is 9.97 Å². The first-order valence-corrected chi connectivity index (χ1v) is 5.29. The summed E-state index contributed by atoms with van der Waals surface area (Å²) in [6.07, 6.45) is 0.532. The van der Waals surface area contributed by atoms with Crippen molar-refractivity contribution in [2.45, 2.75) is 13.3 Å². The summed E-state index contributed by atoms with van der Waals surface area (Å²) in [4.78, 5) is 8.03. The van der Waals surface area contributed by atoms with Crippen molar-refractivity contribution < 1.29 is 13.2 Å². The van der Waals surface area contributed by atoms with Gasteiger partial charge in [0.1, 0.15) is 11.6 Å². The number of rotatable bonds is 2. The van der Waals surface area contributed by atoms with Crippen LogP contribution in [0.1, 0.15) is 12.7 Å². The molecule has 2 rings (SSSR count). The molecule has 0 amide bonds. The molecule has 0 aliphatic carbocycles. The fraction of sp³-hybridized carbons (Fsp3) is 0.167. The number of aryl methyl sites for hydroxylation is 1. The fourth-order valence-electron chi connectivity index (χ4n) is 1.53. The number of benzene rings is 1. The van der Waals surface area contributed by atoms with Gasteiger partial charge >= 0.3 is 0 Å². The van der Waals surface area contributed by atoms with Gasteiger partial charge in [-0.05, 0) is 12.1 Å². The lowest BCUT2D eigenvalue weighted by atomic mass is 10.1. The van der Waals surface area contributed by atoms with Crippen molar-refractivity contribution >= 4 is 5.82 Å². The number of aromatic nitrogens is 2. The van der Waals surface area contributed by atoms with Gasteiger partial charge in [0, 0.05) is 18.1 Å². The molecule has 2 aromatic rings. The van der Waals surface area contributed by atoms with Crippen molar-refractivity contribution in [2.75, 3.05) is 5.73 Å². The average Bonchev–Trinajstić information content (AvgIpc) is 2.34. The summed E-state index contributed by atoms with van der Waals surface area (Å²) >= 11 is 0. The summed E-state index contributed by atoms with van der Waals surface area (Å²) in [5.41, 5.74) is 5.95. The molecule has 0 radical (unpaired) electrons. The first-order chi connectivity index (χ1) is 8.51. The summed E-state index contributed by atoms with van der Waals surface area (Å²) in [7, 11) is 0. The minimum absolute atomic E-state index is 0.121. The lowest BCUT2D eigenvalue weighted by Gasteiger charge is -2.06. The van der Waals surface area contributed by atoms with Gasteiger partial charge < -0.3 is 5.73 Å². The van der Waals surface area contributed by atoms with Crippen LogP contribution in [0.5, 0.6) is 0 Å². The molecule has 3 nitrogen and oxygen atoms in total. The Labute approximate surface area is 101 Å². The van der Waals surface area contributed by atoms with E-state index in [9.17, 15) is 13.2 Å². The smallest absolute Gasteiger partial charge is 0.194 e. The third kappa shape index (κ3) is 2.27. The Morgan fingerprint density at radius 2 is 1.67 bits per heavy atom. The molecule has 0 unspecified atom stereocenters. The third-order valence-electron chi connectivity index (χ3n) is 2.39. The normalized spacial score (nSPS) is 10.7. The Morgan fingerprint density at radius 1 is 1.06 bits per heavy atom. The molecule has 94 valence electrons. The Kier molecular flexibility index (Phi) is 3.18. The predicted molar refractivity (Wildman–Crippen MR) is 61.1 cm³/mol. The molecule has 1 aromatic heterocycles. The average molecular weight is 253 g/mol. The largest absolute Gasteiger partial charge is 0.384 e. The van der Waals surface area contributed by atoms with E-state index in [-0.39, 0.29) is 17.1 Å². The maximum Gasteiger partial charge on any atom is 0.194 e. The van der Waals surface area contributed by atoms with Crippen LogP contribution in [0.15, 0.2) is 18.2 Å². The van der Waals surface area contributed by atoms with E-state index >= 15 is 0 Å². The Balaban J connectivity index is 2.58. The number of nitrogens with two attached hydrogens (primary N) is 1. The molecule has 1 aromatic carbocycles. The van der Waals surface area contributed by atoms with Gasteiger partial charge in [0.25, 0.3) is 0 Å². The van der Waals surface area contributed by atoms with Gasteiger partial charge in [-0.25, -0.2) is 23.1 Å². The van der Waals surface area contributed by atoms with Crippen LogP contribution in [0, 0.1) is 17.5 Å². The zero-order chi connectivity index (χ0) is 13.3. The highest BCUT2D eigenvalue weighted by Gasteiger charge is 2.13. The van der Waals surface area contributed by atoms with Crippen molar-refractivity contribution in [1.82, 2.24) is 9.97 Å². The molecule has 18 heavy (non-hydrogen) atoms. The van der Waals surface area contributed by atoms with Gasteiger partial charge in [0.2, 0.25) is 0 Å². The summed E-state index contributed by atoms with van der Waals surface area (Å²) < 4.78 is 39.1. The van der Waals surface area contributed by atoms with Crippen molar-refractivity contribution in [3.8, 4) is 11.3 Å². The minimum atomic E-state index is -1.50. The molecular weight excluding hydrogens is 243 g/mol. The van der Waals surface area contributed by atoms with Crippen LogP contribution >= 0.6 is 0 Å². The highest BCUT2D eigenvalue weighted by atomic mass is 19.2. The van der Waals surface area contributed by atoms with E-state index in [1.54, 1.807) is 0 Å². The molecule has 0 bridgehead atoms. The highest BCUT2D eigenvalue weighted by molar-refractivity contribution is 5.62. The molecular formula is C12H10F3N3. The number of hydrogen-bond donors (Lipinski definition) is 1. The topological polar surface area (TPSA) is 51.8 Å². The van der Waals surface area contributed by atoms with E-state index in [0.29, 0.717) is 12.2 Å². The Morgan fingerprint density at radius 3 is 2.22 bits per heavy atom. The van der Waals surface area contributed by atoms with E-state index in [4.69, 9.17) is 5.73 Å². The van der Waals surface area contributed by atoms with E-state index in [0.717, 1.165) is 12.1 Å². The second-order valence-corrected chi connectivity index (χ2v) is 3.70. The van der Waals surface area contributed by atoms with E-state index < -0.39 is 17.5 Å². The molecule has 0 atom stereocenters. The molecule has 0 saturated heterocycles. The van der Waals surface area contributed by atoms with Gasteiger partial charge in [-0.3, -0.25) is 0 Å². The quantitative estimate of drug-likeness (QED) is 0.837. The third-order valence-corrected chi connectivity index (χ3v) is 2.39. The first-order valence-electron chi connectivity index (χ1n) is 5.29. The van der Waals surface area contributed by atoms with Crippen LogP contribution in [0.25, 0.3) is 11.3 Å². The zero-order valence-electron chi connectivity index (χ0n) is 9.54. The molecule has 0 spiro atoms. The Hall–Kier alpha value is -2.11. The predicted octanol–water partition coefficient (Wildman–Crippen LogP) is 2.71.